The van der Waals surface area contributed by atoms with Crippen LogP contribution in [-0.4, -0.2) is 11.5 Å². The summed E-state index contributed by atoms with van der Waals surface area (Å²) in [6, 6.07) is 2.21. The molecule has 0 N–H and O–H groups in total. The second-order valence-electron chi connectivity index (χ2n) is 2.56. The summed E-state index contributed by atoms with van der Waals surface area (Å²) in [5.41, 5.74) is 0. The van der Waals surface area contributed by atoms with Crippen LogP contribution in [0.25, 0.3) is 0 Å². The zero-order valence-corrected chi connectivity index (χ0v) is 11.4. The number of thiol groups is 4. The molecule has 0 aliphatic rings. The maximum absolute atomic E-state index is 12.5. The van der Waals surface area contributed by atoms with Gasteiger partial charge in [0.15, 0.2) is 0 Å². The minimum absolute atomic E-state index is 0.257. The second kappa shape index (κ2) is 8.61. The fourth-order valence-corrected chi connectivity index (χ4v) is 1.54. The van der Waals surface area contributed by atoms with E-state index >= 15 is 0 Å². The SMILES string of the molecule is Fc1cc(S)cc(F)c1S.SCCCS. The summed E-state index contributed by atoms with van der Waals surface area (Å²) in [6.07, 6.45) is 1.12. The molecule has 0 fully saturated rings. The lowest BCUT2D eigenvalue weighted by Gasteiger charge is -1.97. The molecule has 0 saturated heterocycles. The first kappa shape index (κ1) is 15.5. The summed E-state index contributed by atoms with van der Waals surface area (Å²) in [5.74, 6) is 0.550. The van der Waals surface area contributed by atoms with Crippen molar-refractivity contribution in [2.45, 2.75) is 16.2 Å². The third-order valence-corrected chi connectivity index (χ3v) is 2.64. The van der Waals surface area contributed by atoms with Crippen LogP contribution in [0.15, 0.2) is 21.9 Å². The lowest BCUT2D eigenvalue weighted by Crippen LogP contribution is -1.83. The van der Waals surface area contributed by atoms with E-state index in [9.17, 15) is 8.78 Å². The van der Waals surface area contributed by atoms with Crippen LogP contribution in [0, 0.1) is 11.6 Å². The van der Waals surface area contributed by atoms with Crippen molar-refractivity contribution in [3.8, 4) is 0 Å². The summed E-state index contributed by atoms with van der Waals surface area (Å²) < 4.78 is 25.0. The molecule has 0 bridgehead atoms. The van der Waals surface area contributed by atoms with Crippen LogP contribution in [0.3, 0.4) is 0 Å². The quantitative estimate of drug-likeness (QED) is 0.584. The zero-order valence-electron chi connectivity index (χ0n) is 7.82. The van der Waals surface area contributed by atoms with E-state index in [1.807, 2.05) is 0 Å². The Bertz CT molecular complexity index is 279. The van der Waals surface area contributed by atoms with Crippen molar-refractivity contribution in [2.75, 3.05) is 11.5 Å². The number of rotatable bonds is 2. The number of halogens is 2. The van der Waals surface area contributed by atoms with Crippen molar-refractivity contribution in [1.82, 2.24) is 0 Å². The molecule has 0 aliphatic carbocycles. The average Bonchev–Trinajstić information content (AvgIpc) is 2.16. The van der Waals surface area contributed by atoms with Gasteiger partial charge in [-0.25, -0.2) is 8.78 Å². The summed E-state index contributed by atoms with van der Waals surface area (Å²) in [4.78, 5) is -0.00870. The highest BCUT2D eigenvalue weighted by Crippen LogP contribution is 2.20. The number of hydrogen-bond acceptors (Lipinski definition) is 4. The zero-order chi connectivity index (χ0) is 11.8. The molecule has 86 valence electrons. The Labute approximate surface area is 110 Å². The molecular formula is C9H12F2S4. The van der Waals surface area contributed by atoms with E-state index in [4.69, 9.17) is 0 Å². The van der Waals surface area contributed by atoms with Crippen LogP contribution in [0.1, 0.15) is 6.42 Å². The van der Waals surface area contributed by atoms with Crippen LogP contribution in [0.2, 0.25) is 0 Å². The van der Waals surface area contributed by atoms with Gasteiger partial charge in [0.2, 0.25) is 0 Å². The van der Waals surface area contributed by atoms with E-state index in [0.717, 1.165) is 30.1 Å². The van der Waals surface area contributed by atoms with Crippen molar-refractivity contribution in [3.05, 3.63) is 23.8 Å². The summed E-state index contributed by atoms with van der Waals surface area (Å²) in [5, 5.41) is 0. The average molecular weight is 286 g/mol. The van der Waals surface area contributed by atoms with Crippen molar-refractivity contribution >= 4 is 50.5 Å². The first-order valence-corrected chi connectivity index (χ1v) is 6.27. The minimum atomic E-state index is -0.687. The lowest BCUT2D eigenvalue weighted by atomic mass is 10.3. The predicted octanol–water partition coefficient (Wildman–Crippen LogP) is 3.78. The summed E-state index contributed by atoms with van der Waals surface area (Å²) in [6.45, 7) is 0. The van der Waals surface area contributed by atoms with E-state index in [2.05, 4.69) is 50.5 Å². The molecule has 0 atom stereocenters. The van der Waals surface area contributed by atoms with Gasteiger partial charge in [-0.15, -0.1) is 25.3 Å². The Kier molecular flexibility index (Phi) is 8.89. The van der Waals surface area contributed by atoms with Crippen molar-refractivity contribution < 1.29 is 8.78 Å². The topological polar surface area (TPSA) is 0 Å². The highest BCUT2D eigenvalue weighted by Gasteiger charge is 2.04. The molecular weight excluding hydrogens is 274 g/mol. The third kappa shape index (κ3) is 6.60. The first-order valence-electron chi connectivity index (χ1n) is 4.11. The molecule has 0 amide bonds. The Hall–Kier alpha value is 0.480. The van der Waals surface area contributed by atoms with E-state index in [0.29, 0.717) is 0 Å². The molecule has 0 nitrogen and oxygen atoms in total. The van der Waals surface area contributed by atoms with Gasteiger partial charge in [0, 0.05) is 4.90 Å². The Morgan fingerprint density at radius 1 is 0.933 bits per heavy atom. The van der Waals surface area contributed by atoms with E-state index in [1.165, 1.54) is 0 Å². The van der Waals surface area contributed by atoms with Crippen LogP contribution in [0.5, 0.6) is 0 Å². The number of benzene rings is 1. The third-order valence-electron chi connectivity index (χ3n) is 1.32. The second-order valence-corrected chi connectivity index (χ2v) is 4.42. The largest absolute Gasteiger partial charge is 0.206 e. The molecule has 1 aromatic rings. The Balaban J connectivity index is 0.000000336. The van der Waals surface area contributed by atoms with Gasteiger partial charge in [0.05, 0.1) is 4.90 Å². The van der Waals surface area contributed by atoms with E-state index in [1.54, 1.807) is 0 Å². The van der Waals surface area contributed by atoms with Gasteiger partial charge in [-0.1, -0.05) is 0 Å². The molecule has 15 heavy (non-hydrogen) atoms. The normalized spacial score (nSPS) is 9.47. The predicted molar refractivity (Wildman–Crippen MR) is 73.2 cm³/mol. The lowest BCUT2D eigenvalue weighted by molar-refractivity contribution is 0.536. The Morgan fingerprint density at radius 3 is 1.60 bits per heavy atom. The van der Waals surface area contributed by atoms with Crippen LogP contribution >= 0.6 is 50.5 Å². The molecule has 1 aromatic carbocycles. The number of hydrogen-bond donors (Lipinski definition) is 4. The highest BCUT2D eigenvalue weighted by molar-refractivity contribution is 7.81. The standard InChI is InChI=1S/C6H4F2S2.C3H8S2/c7-4-1-3(9)2-5(8)6(4)10;4-2-1-3-5/h1-2,9-10H;4-5H,1-3H2. The van der Waals surface area contributed by atoms with Gasteiger partial charge >= 0.3 is 0 Å². The summed E-state index contributed by atoms with van der Waals surface area (Å²) >= 11 is 15.2. The van der Waals surface area contributed by atoms with Crippen molar-refractivity contribution in [1.29, 1.82) is 0 Å². The molecule has 0 aliphatic heterocycles. The molecule has 0 aromatic heterocycles. The van der Waals surface area contributed by atoms with Crippen LogP contribution in [0.4, 0.5) is 8.78 Å². The molecule has 0 heterocycles. The highest BCUT2D eigenvalue weighted by atomic mass is 32.1. The van der Waals surface area contributed by atoms with Crippen LogP contribution < -0.4 is 0 Å². The van der Waals surface area contributed by atoms with Gasteiger partial charge in [0.1, 0.15) is 11.6 Å². The summed E-state index contributed by atoms with van der Waals surface area (Å²) in [7, 11) is 0. The Morgan fingerprint density at radius 2 is 1.33 bits per heavy atom. The van der Waals surface area contributed by atoms with E-state index < -0.39 is 11.6 Å². The van der Waals surface area contributed by atoms with Crippen LogP contribution in [-0.2, 0) is 0 Å². The maximum Gasteiger partial charge on any atom is 0.140 e. The minimum Gasteiger partial charge on any atom is -0.206 e. The smallest absolute Gasteiger partial charge is 0.140 e. The van der Waals surface area contributed by atoms with Gasteiger partial charge in [-0.05, 0) is 30.1 Å². The van der Waals surface area contributed by atoms with Crippen molar-refractivity contribution in [3.63, 3.8) is 0 Å². The van der Waals surface area contributed by atoms with Crippen molar-refractivity contribution in [2.24, 2.45) is 0 Å². The maximum atomic E-state index is 12.5. The van der Waals surface area contributed by atoms with Gasteiger partial charge in [0.25, 0.3) is 0 Å². The van der Waals surface area contributed by atoms with Gasteiger partial charge < -0.3 is 0 Å². The molecule has 0 unspecified atom stereocenters. The fraction of sp³-hybridized carbons (Fsp3) is 0.333. The van der Waals surface area contributed by atoms with Gasteiger partial charge in [-0.3, -0.25) is 0 Å². The molecule has 0 saturated carbocycles. The molecule has 6 heteroatoms. The molecule has 0 spiro atoms. The molecule has 0 radical (unpaired) electrons. The molecule has 1 rings (SSSR count). The first-order chi connectivity index (χ1) is 7.02. The monoisotopic (exact) mass is 286 g/mol. The van der Waals surface area contributed by atoms with Gasteiger partial charge in [-0.2, -0.15) is 25.3 Å². The fourth-order valence-electron chi connectivity index (χ4n) is 0.623. The van der Waals surface area contributed by atoms with E-state index in [-0.39, 0.29) is 9.79 Å².